The molecule has 3 aromatic carbocycles. The van der Waals surface area contributed by atoms with E-state index in [0.717, 1.165) is 24.0 Å². The molecule has 1 unspecified atom stereocenters. The van der Waals surface area contributed by atoms with Gasteiger partial charge in [0.25, 0.3) is 5.91 Å². The lowest BCUT2D eigenvalue weighted by atomic mass is 9.89. The Bertz CT molecular complexity index is 1110. The van der Waals surface area contributed by atoms with Crippen LogP contribution in [0.5, 0.6) is 11.5 Å². The fourth-order valence-corrected chi connectivity index (χ4v) is 4.25. The first kappa shape index (κ1) is 21.6. The summed E-state index contributed by atoms with van der Waals surface area (Å²) in [6.45, 7) is 1.08. The van der Waals surface area contributed by atoms with Crippen LogP contribution in [0.4, 0.5) is 0 Å². The Labute approximate surface area is 188 Å². The van der Waals surface area contributed by atoms with Gasteiger partial charge in [-0.2, -0.15) is 0 Å². The standard InChI is InChI=1S/C27H27NO4/c1-31-24-14-13-21(17-25(24)32-2)26(29)23-12-7-15-28(18-23)27(30)22-11-6-10-20(16-22)19-8-4-3-5-9-19/h3-6,8-11,13-14,16-17,23H,7,12,15,18H2,1-2H3. The molecule has 5 heteroatoms. The van der Waals surface area contributed by atoms with Crippen molar-refractivity contribution in [2.24, 2.45) is 5.92 Å². The Morgan fingerprint density at radius 1 is 0.812 bits per heavy atom. The van der Waals surface area contributed by atoms with Crippen molar-refractivity contribution < 1.29 is 19.1 Å². The predicted molar refractivity (Wildman–Crippen MR) is 124 cm³/mol. The first-order chi connectivity index (χ1) is 15.6. The Kier molecular flexibility index (Phi) is 6.55. The van der Waals surface area contributed by atoms with Crippen LogP contribution in [0.2, 0.25) is 0 Å². The van der Waals surface area contributed by atoms with Crippen molar-refractivity contribution in [3.8, 4) is 22.6 Å². The van der Waals surface area contributed by atoms with Crippen molar-refractivity contribution in [2.45, 2.75) is 12.8 Å². The summed E-state index contributed by atoms with van der Waals surface area (Å²) in [5, 5.41) is 0. The van der Waals surface area contributed by atoms with Gasteiger partial charge < -0.3 is 14.4 Å². The van der Waals surface area contributed by atoms with Gasteiger partial charge in [0.1, 0.15) is 0 Å². The highest BCUT2D eigenvalue weighted by atomic mass is 16.5. The highest BCUT2D eigenvalue weighted by molar-refractivity contribution is 6.00. The number of piperidine rings is 1. The molecule has 32 heavy (non-hydrogen) atoms. The van der Waals surface area contributed by atoms with E-state index in [1.807, 2.05) is 54.6 Å². The molecular weight excluding hydrogens is 402 g/mol. The number of likely N-dealkylation sites (tertiary alicyclic amines) is 1. The van der Waals surface area contributed by atoms with Gasteiger partial charge in [-0.05, 0) is 54.3 Å². The molecule has 3 aromatic rings. The summed E-state index contributed by atoms with van der Waals surface area (Å²) < 4.78 is 10.6. The number of hydrogen-bond acceptors (Lipinski definition) is 4. The maximum atomic E-state index is 13.2. The average Bonchev–Trinajstić information content (AvgIpc) is 2.88. The van der Waals surface area contributed by atoms with Gasteiger partial charge in [-0.15, -0.1) is 0 Å². The second-order valence-electron chi connectivity index (χ2n) is 7.97. The lowest BCUT2D eigenvalue weighted by molar-refractivity contribution is 0.0637. The van der Waals surface area contributed by atoms with Crippen LogP contribution >= 0.6 is 0 Å². The molecule has 0 aliphatic carbocycles. The number of amides is 1. The average molecular weight is 430 g/mol. The topological polar surface area (TPSA) is 55.8 Å². The summed E-state index contributed by atoms with van der Waals surface area (Å²) in [5.74, 6) is 0.875. The van der Waals surface area contributed by atoms with Crippen molar-refractivity contribution in [1.82, 2.24) is 4.90 Å². The van der Waals surface area contributed by atoms with E-state index in [1.54, 1.807) is 37.3 Å². The van der Waals surface area contributed by atoms with Gasteiger partial charge in [0.2, 0.25) is 0 Å². The quantitative estimate of drug-likeness (QED) is 0.511. The molecule has 1 amide bonds. The van der Waals surface area contributed by atoms with Gasteiger partial charge in [-0.1, -0.05) is 42.5 Å². The van der Waals surface area contributed by atoms with E-state index in [0.29, 0.717) is 35.7 Å². The van der Waals surface area contributed by atoms with Crippen LogP contribution in [0.15, 0.2) is 72.8 Å². The van der Waals surface area contributed by atoms with Gasteiger partial charge >= 0.3 is 0 Å². The zero-order chi connectivity index (χ0) is 22.5. The molecule has 0 aromatic heterocycles. The number of carbonyl (C=O) groups is 2. The van der Waals surface area contributed by atoms with Gasteiger partial charge in [-0.25, -0.2) is 0 Å². The molecule has 5 nitrogen and oxygen atoms in total. The van der Waals surface area contributed by atoms with E-state index < -0.39 is 0 Å². The first-order valence-electron chi connectivity index (χ1n) is 10.8. The maximum Gasteiger partial charge on any atom is 0.253 e. The Morgan fingerprint density at radius 2 is 1.56 bits per heavy atom. The third-order valence-electron chi connectivity index (χ3n) is 5.96. The maximum absolute atomic E-state index is 13.2. The summed E-state index contributed by atoms with van der Waals surface area (Å²) in [5.41, 5.74) is 3.30. The Morgan fingerprint density at radius 3 is 2.31 bits per heavy atom. The van der Waals surface area contributed by atoms with E-state index in [9.17, 15) is 9.59 Å². The Hall–Kier alpha value is -3.60. The largest absolute Gasteiger partial charge is 0.493 e. The molecule has 1 saturated heterocycles. The van der Waals surface area contributed by atoms with Crippen molar-refractivity contribution in [2.75, 3.05) is 27.3 Å². The zero-order valence-electron chi connectivity index (χ0n) is 18.4. The van der Waals surface area contributed by atoms with E-state index in [4.69, 9.17) is 9.47 Å². The number of carbonyl (C=O) groups excluding carboxylic acids is 2. The minimum Gasteiger partial charge on any atom is -0.493 e. The Balaban J connectivity index is 1.51. The van der Waals surface area contributed by atoms with Crippen LogP contribution < -0.4 is 9.47 Å². The number of nitrogens with zero attached hydrogens (tertiary/aromatic N) is 1. The second kappa shape index (κ2) is 9.69. The normalized spacial score (nSPS) is 15.8. The minimum atomic E-state index is -0.233. The smallest absolute Gasteiger partial charge is 0.253 e. The van der Waals surface area contributed by atoms with Crippen LogP contribution in [0.1, 0.15) is 33.6 Å². The zero-order valence-corrected chi connectivity index (χ0v) is 18.4. The van der Waals surface area contributed by atoms with Gasteiger partial charge in [-0.3, -0.25) is 9.59 Å². The molecule has 0 radical (unpaired) electrons. The highest BCUT2D eigenvalue weighted by Crippen LogP contribution is 2.30. The molecule has 1 atom stereocenters. The SMILES string of the molecule is COc1ccc(C(=O)C2CCCN(C(=O)c3cccc(-c4ccccc4)c3)C2)cc1OC. The van der Waals surface area contributed by atoms with E-state index in [1.165, 1.54) is 0 Å². The molecule has 1 aliphatic heterocycles. The highest BCUT2D eigenvalue weighted by Gasteiger charge is 2.30. The lowest BCUT2D eigenvalue weighted by Gasteiger charge is -2.32. The molecule has 4 rings (SSSR count). The van der Waals surface area contributed by atoms with Crippen LogP contribution in [-0.2, 0) is 0 Å². The number of benzene rings is 3. The third-order valence-corrected chi connectivity index (χ3v) is 5.96. The molecule has 0 bridgehead atoms. The van der Waals surface area contributed by atoms with Gasteiger partial charge in [0.05, 0.1) is 14.2 Å². The molecule has 1 aliphatic rings. The van der Waals surface area contributed by atoms with Crippen LogP contribution in [0.3, 0.4) is 0 Å². The van der Waals surface area contributed by atoms with Crippen LogP contribution in [-0.4, -0.2) is 43.9 Å². The number of Topliss-reactive ketones (excluding diaryl/α,β-unsaturated/α-hetero) is 1. The summed E-state index contributed by atoms with van der Waals surface area (Å²) in [6.07, 6.45) is 1.56. The lowest BCUT2D eigenvalue weighted by Crippen LogP contribution is -2.42. The molecule has 0 N–H and O–H groups in total. The first-order valence-corrected chi connectivity index (χ1v) is 10.8. The summed E-state index contributed by atoms with van der Waals surface area (Å²) in [7, 11) is 3.12. The summed E-state index contributed by atoms with van der Waals surface area (Å²) >= 11 is 0. The molecule has 0 spiro atoms. The van der Waals surface area contributed by atoms with Crippen molar-refractivity contribution >= 4 is 11.7 Å². The molecule has 164 valence electrons. The summed E-state index contributed by atoms with van der Waals surface area (Å²) in [4.78, 5) is 28.2. The minimum absolute atomic E-state index is 0.0292. The second-order valence-corrected chi connectivity index (χ2v) is 7.97. The third kappa shape index (κ3) is 4.52. The predicted octanol–water partition coefficient (Wildman–Crippen LogP) is 5.11. The van der Waals surface area contributed by atoms with Crippen LogP contribution in [0.25, 0.3) is 11.1 Å². The van der Waals surface area contributed by atoms with E-state index in [-0.39, 0.29) is 17.6 Å². The van der Waals surface area contributed by atoms with E-state index >= 15 is 0 Å². The van der Waals surface area contributed by atoms with Crippen LogP contribution in [0, 0.1) is 5.92 Å². The number of ketones is 1. The molecule has 1 fully saturated rings. The van der Waals surface area contributed by atoms with Crippen molar-refractivity contribution in [3.05, 3.63) is 83.9 Å². The van der Waals surface area contributed by atoms with Crippen molar-refractivity contribution in [1.29, 1.82) is 0 Å². The van der Waals surface area contributed by atoms with Gasteiger partial charge in [0.15, 0.2) is 17.3 Å². The van der Waals surface area contributed by atoms with E-state index in [2.05, 4.69) is 0 Å². The fraction of sp³-hybridized carbons (Fsp3) is 0.259. The number of methoxy groups -OCH3 is 2. The summed E-state index contributed by atoms with van der Waals surface area (Å²) in [6, 6.07) is 22.9. The van der Waals surface area contributed by atoms with Crippen molar-refractivity contribution in [3.63, 3.8) is 0 Å². The molecule has 1 heterocycles. The monoisotopic (exact) mass is 429 g/mol. The molecule has 0 saturated carbocycles. The molecular formula is C27H27NO4. The van der Waals surface area contributed by atoms with Gasteiger partial charge in [0, 0.05) is 30.1 Å². The fourth-order valence-electron chi connectivity index (χ4n) is 4.25. The number of hydrogen-bond donors (Lipinski definition) is 0. The number of rotatable bonds is 6. The number of ether oxygens (including phenoxy) is 2.